The highest BCUT2D eigenvalue weighted by Crippen LogP contribution is 2.31. The Kier molecular flexibility index (Phi) is 6.85. The highest BCUT2D eigenvalue weighted by molar-refractivity contribution is 6.06. The molecule has 0 bridgehead atoms. The Morgan fingerprint density at radius 1 is 1.18 bits per heavy atom. The molecule has 2 heterocycles. The predicted molar refractivity (Wildman–Crippen MR) is 122 cm³/mol. The second kappa shape index (κ2) is 9.61. The van der Waals surface area contributed by atoms with Crippen LogP contribution in [0.5, 0.6) is 0 Å². The molecule has 0 atom stereocenters. The van der Waals surface area contributed by atoms with Gasteiger partial charge >= 0.3 is 6.18 Å². The van der Waals surface area contributed by atoms with Crippen molar-refractivity contribution in [3.63, 3.8) is 0 Å². The first-order valence-corrected chi connectivity index (χ1v) is 9.76. The monoisotopic (exact) mass is 472 g/mol. The van der Waals surface area contributed by atoms with Crippen LogP contribution in [-0.4, -0.2) is 28.6 Å². The van der Waals surface area contributed by atoms with Crippen LogP contribution >= 0.6 is 0 Å². The number of amidine groups is 1. The van der Waals surface area contributed by atoms with Crippen LogP contribution in [0.25, 0.3) is 16.8 Å². The van der Waals surface area contributed by atoms with E-state index in [-0.39, 0.29) is 11.5 Å². The molecule has 0 amide bonds. The van der Waals surface area contributed by atoms with Crippen molar-refractivity contribution in [1.29, 1.82) is 5.41 Å². The number of nitrogens with one attached hydrogen (secondary N) is 2. The number of nitrogen functional groups attached to an aromatic ring is 2. The Balaban J connectivity index is 0.000000215. The van der Waals surface area contributed by atoms with E-state index in [9.17, 15) is 22.4 Å². The number of imidazole rings is 1. The predicted octanol–water partition coefficient (Wildman–Crippen LogP) is 4.57. The van der Waals surface area contributed by atoms with Gasteiger partial charge in [-0.2, -0.15) is 13.2 Å². The standard InChI is InChI=1S/C15H13N5O.C8H7F4N/c16-12-3-1-2-11(14(12)15(17)18)9-4-5-20-10(8-21)7-19-13(20)6-9;1-13-7-4-5(8(10,11)12)2-3-6(7)9/h1-8H,16H2,(H3,17,18);2-4,13H,1H3. The maximum Gasteiger partial charge on any atom is 0.416 e. The minimum absolute atomic E-state index is 0.0834. The van der Waals surface area contributed by atoms with Gasteiger partial charge in [-0.1, -0.05) is 12.1 Å². The summed E-state index contributed by atoms with van der Waals surface area (Å²) in [6.07, 6.45) is -0.410. The van der Waals surface area contributed by atoms with Gasteiger partial charge in [-0.3, -0.25) is 14.6 Å². The van der Waals surface area contributed by atoms with Crippen LogP contribution in [0.2, 0.25) is 0 Å². The molecule has 7 nitrogen and oxygen atoms in total. The molecular weight excluding hydrogens is 452 g/mol. The van der Waals surface area contributed by atoms with Crippen LogP contribution in [0.15, 0.2) is 60.9 Å². The van der Waals surface area contributed by atoms with Crippen molar-refractivity contribution in [3.8, 4) is 11.1 Å². The molecule has 4 aromatic rings. The quantitative estimate of drug-likeness (QED) is 0.114. The Labute approximate surface area is 191 Å². The van der Waals surface area contributed by atoms with Crippen LogP contribution in [0.4, 0.5) is 28.9 Å². The first-order chi connectivity index (χ1) is 16.1. The third-order valence-corrected chi connectivity index (χ3v) is 4.90. The number of aldehydes is 1. The number of carbonyl (C=O) groups is 1. The number of rotatable bonds is 4. The zero-order valence-electron chi connectivity index (χ0n) is 17.8. The summed E-state index contributed by atoms with van der Waals surface area (Å²) in [5.74, 6) is -0.782. The average molecular weight is 472 g/mol. The third kappa shape index (κ3) is 4.98. The van der Waals surface area contributed by atoms with Crippen molar-refractivity contribution in [3.05, 3.63) is 83.6 Å². The van der Waals surface area contributed by atoms with E-state index >= 15 is 0 Å². The summed E-state index contributed by atoms with van der Waals surface area (Å²) in [6.45, 7) is 0. The number of alkyl halides is 3. The molecule has 6 N–H and O–H groups in total. The molecule has 4 rings (SSSR count). The molecule has 0 spiro atoms. The highest BCUT2D eigenvalue weighted by Gasteiger charge is 2.30. The number of anilines is 2. The molecule has 0 aliphatic rings. The molecule has 2 aromatic carbocycles. The normalized spacial score (nSPS) is 11.0. The zero-order valence-corrected chi connectivity index (χ0v) is 17.8. The van der Waals surface area contributed by atoms with Crippen LogP contribution < -0.4 is 16.8 Å². The van der Waals surface area contributed by atoms with E-state index in [4.69, 9.17) is 16.9 Å². The van der Waals surface area contributed by atoms with E-state index < -0.39 is 17.6 Å². The van der Waals surface area contributed by atoms with Crippen LogP contribution in [0, 0.1) is 11.2 Å². The molecule has 0 saturated heterocycles. The van der Waals surface area contributed by atoms with Gasteiger partial charge in [0.25, 0.3) is 0 Å². The van der Waals surface area contributed by atoms with Crippen LogP contribution in [-0.2, 0) is 6.18 Å². The molecule has 0 unspecified atom stereocenters. The number of hydrogen-bond acceptors (Lipinski definition) is 5. The Morgan fingerprint density at radius 3 is 2.53 bits per heavy atom. The molecule has 34 heavy (non-hydrogen) atoms. The maximum atomic E-state index is 12.7. The Morgan fingerprint density at radius 2 is 1.91 bits per heavy atom. The maximum absolute atomic E-state index is 12.7. The lowest BCUT2D eigenvalue weighted by Crippen LogP contribution is -2.15. The number of aromatic nitrogens is 2. The summed E-state index contributed by atoms with van der Waals surface area (Å²) >= 11 is 0. The first-order valence-electron chi connectivity index (χ1n) is 9.76. The minimum atomic E-state index is -4.43. The van der Waals surface area contributed by atoms with E-state index in [0.717, 1.165) is 29.5 Å². The number of halogens is 4. The lowest BCUT2D eigenvalue weighted by Gasteiger charge is -2.11. The molecule has 11 heteroatoms. The highest BCUT2D eigenvalue weighted by atomic mass is 19.4. The third-order valence-electron chi connectivity index (χ3n) is 4.90. The molecular formula is C23H20F4N6O. The van der Waals surface area contributed by atoms with Gasteiger partial charge in [-0.15, -0.1) is 0 Å². The van der Waals surface area contributed by atoms with E-state index in [1.807, 2.05) is 24.3 Å². The smallest absolute Gasteiger partial charge is 0.398 e. The van der Waals surface area contributed by atoms with Gasteiger partial charge in [0.15, 0.2) is 6.29 Å². The summed E-state index contributed by atoms with van der Waals surface area (Å²) in [7, 11) is 1.36. The average Bonchev–Trinajstić information content (AvgIpc) is 3.21. The lowest BCUT2D eigenvalue weighted by molar-refractivity contribution is -0.137. The number of pyridine rings is 1. The van der Waals surface area contributed by atoms with Gasteiger partial charge in [0.05, 0.1) is 17.4 Å². The summed E-state index contributed by atoms with van der Waals surface area (Å²) < 4.78 is 50.7. The summed E-state index contributed by atoms with van der Waals surface area (Å²) in [4.78, 5) is 15.1. The number of fused-ring (bicyclic) bond motifs is 1. The van der Waals surface area contributed by atoms with E-state index in [1.54, 1.807) is 16.7 Å². The van der Waals surface area contributed by atoms with Crippen LogP contribution in [0.3, 0.4) is 0 Å². The van der Waals surface area contributed by atoms with Gasteiger partial charge in [-0.05, 0) is 47.5 Å². The fourth-order valence-electron chi connectivity index (χ4n) is 3.26. The largest absolute Gasteiger partial charge is 0.416 e. The number of nitrogens with zero attached hydrogens (tertiary/aromatic N) is 2. The van der Waals surface area contributed by atoms with Gasteiger partial charge in [0.2, 0.25) is 0 Å². The van der Waals surface area contributed by atoms with Gasteiger partial charge < -0.3 is 16.8 Å². The molecule has 0 saturated carbocycles. The second-order valence-corrected chi connectivity index (χ2v) is 7.07. The molecule has 0 radical (unpaired) electrons. The molecule has 176 valence electrons. The van der Waals surface area contributed by atoms with Crippen molar-refractivity contribution < 1.29 is 22.4 Å². The molecule has 0 aliphatic heterocycles. The first kappa shape index (κ1) is 24.2. The number of benzene rings is 2. The van der Waals surface area contributed by atoms with E-state index in [1.165, 1.54) is 13.2 Å². The molecule has 0 aliphatic carbocycles. The number of carbonyl (C=O) groups excluding carboxylic acids is 1. The lowest BCUT2D eigenvalue weighted by atomic mass is 9.98. The Hall–Kier alpha value is -4.41. The number of nitrogens with two attached hydrogens (primary N) is 2. The van der Waals surface area contributed by atoms with E-state index in [2.05, 4.69) is 10.3 Å². The van der Waals surface area contributed by atoms with Gasteiger partial charge in [0, 0.05) is 24.5 Å². The molecule has 2 aromatic heterocycles. The van der Waals surface area contributed by atoms with Crippen molar-refractivity contribution >= 4 is 29.1 Å². The van der Waals surface area contributed by atoms with Crippen molar-refractivity contribution in [2.24, 2.45) is 5.73 Å². The van der Waals surface area contributed by atoms with Crippen molar-refractivity contribution in [1.82, 2.24) is 9.38 Å². The van der Waals surface area contributed by atoms with Crippen molar-refractivity contribution in [2.45, 2.75) is 6.18 Å². The van der Waals surface area contributed by atoms with E-state index in [0.29, 0.717) is 28.7 Å². The minimum Gasteiger partial charge on any atom is -0.398 e. The fraction of sp³-hybridized carbons (Fsp3) is 0.0870. The Bertz CT molecular complexity index is 1360. The summed E-state index contributed by atoms with van der Waals surface area (Å²) in [5.41, 5.74) is 14.2. The van der Waals surface area contributed by atoms with Gasteiger partial charge in [0.1, 0.15) is 23.0 Å². The van der Waals surface area contributed by atoms with Crippen LogP contribution in [0.1, 0.15) is 21.6 Å². The second-order valence-electron chi connectivity index (χ2n) is 7.07. The fourth-order valence-corrected chi connectivity index (χ4v) is 3.26. The van der Waals surface area contributed by atoms with Gasteiger partial charge in [-0.25, -0.2) is 9.37 Å². The van der Waals surface area contributed by atoms with Crippen molar-refractivity contribution in [2.75, 3.05) is 18.1 Å². The summed E-state index contributed by atoms with van der Waals surface area (Å²) in [5, 5.41) is 10.0. The zero-order chi connectivity index (χ0) is 25.0. The SMILES string of the molecule is CNc1cc(C(F)(F)F)ccc1F.N=C(N)c1c(N)cccc1-c1ccn2c(C=O)cnc2c1. The topological polar surface area (TPSA) is 122 Å². The molecule has 0 fully saturated rings. The summed E-state index contributed by atoms with van der Waals surface area (Å²) in [6, 6.07) is 11.3. The number of hydrogen-bond donors (Lipinski definition) is 4.